The largest absolute Gasteiger partial charge is 0.497 e. The van der Waals surface area contributed by atoms with Crippen LogP contribution in [0.3, 0.4) is 0 Å². The first kappa shape index (κ1) is 14.0. The second-order valence-electron chi connectivity index (χ2n) is 4.83. The molecule has 0 aromatic heterocycles. The van der Waals surface area contributed by atoms with E-state index in [2.05, 4.69) is 5.32 Å². The number of ether oxygens (including phenoxy) is 1. The van der Waals surface area contributed by atoms with Crippen molar-refractivity contribution in [3.05, 3.63) is 54.1 Å². The molecule has 0 saturated heterocycles. The third-order valence-corrected chi connectivity index (χ3v) is 4.74. The standard InChI is InChI=1S/C16H15NO3S/c1-20-12-8-6-11(7-9-12)16(19)10-21-14-5-3-2-4-13(14)17-15(16)18/h2-9,19H,10H2,1H3,(H,17,18). The van der Waals surface area contributed by atoms with E-state index in [1.54, 1.807) is 31.4 Å². The normalized spacial score (nSPS) is 21.1. The van der Waals surface area contributed by atoms with Crippen molar-refractivity contribution in [1.82, 2.24) is 0 Å². The molecule has 2 aromatic rings. The lowest BCUT2D eigenvalue weighted by molar-refractivity contribution is -0.132. The molecular weight excluding hydrogens is 286 g/mol. The minimum Gasteiger partial charge on any atom is -0.497 e. The molecule has 2 N–H and O–H groups in total. The van der Waals surface area contributed by atoms with Crippen LogP contribution in [0, 0.1) is 0 Å². The predicted octanol–water partition coefficient (Wildman–Crippen LogP) is 2.63. The molecule has 0 aliphatic carbocycles. The molecule has 1 aliphatic heterocycles. The van der Waals surface area contributed by atoms with E-state index in [9.17, 15) is 9.90 Å². The maximum atomic E-state index is 12.4. The van der Waals surface area contributed by atoms with Gasteiger partial charge in [0.15, 0.2) is 5.60 Å². The van der Waals surface area contributed by atoms with Gasteiger partial charge in [0.25, 0.3) is 5.91 Å². The number of rotatable bonds is 2. The molecule has 1 amide bonds. The summed E-state index contributed by atoms with van der Waals surface area (Å²) in [5.74, 6) is 0.541. The quantitative estimate of drug-likeness (QED) is 0.895. The van der Waals surface area contributed by atoms with Gasteiger partial charge >= 0.3 is 0 Å². The zero-order valence-corrected chi connectivity index (χ0v) is 12.3. The van der Waals surface area contributed by atoms with Crippen LogP contribution in [-0.2, 0) is 10.4 Å². The van der Waals surface area contributed by atoms with Gasteiger partial charge in [-0.05, 0) is 29.8 Å². The highest BCUT2D eigenvalue weighted by Gasteiger charge is 2.40. The first-order valence-corrected chi connectivity index (χ1v) is 7.52. The fourth-order valence-corrected chi connectivity index (χ4v) is 3.36. The summed E-state index contributed by atoms with van der Waals surface area (Å²) in [6.07, 6.45) is 0. The third-order valence-electron chi connectivity index (χ3n) is 3.52. The number of aliphatic hydroxyl groups is 1. The predicted molar refractivity (Wildman–Crippen MR) is 82.7 cm³/mol. The zero-order chi connectivity index (χ0) is 14.9. The highest BCUT2D eigenvalue weighted by atomic mass is 32.2. The van der Waals surface area contributed by atoms with E-state index < -0.39 is 11.5 Å². The van der Waals surface area contributed by atoms with Crippen molar-refractivity contribution in [3.8, 4) is 5.75 Å². The highest BCUT2D eigenvalue weighted by molar-refractivity contribution is 7.99. The van der Waals surface area contributed by atoms with Crippen LogP contribution in [0.4, 0.5) is 5.69 Å². The number of para-hydroxylation sites is 1. The Kier molecular flexibility index (Phi) is 3.61. The van der Waals surface area contributed by atoms with E-state index in [4.69, 9.17) is 4.74 Å². The van der Waals surface area contributed by atoms with Gasteiger partial charge in [-0.3, -0.25) is 4.79 Å². The van der Waals surface area contributed by atoms with Crippen LogP contribution in [0.25, 0.3) is 0 Å². The van der Waals surface area contributed by atoms with E-state index in [-0.39, 0.29) is 5.75 Å². The number of nitrogens with one attached hydrogen (secondary N) is 1. The number of anilines is 1. The van der Waals surface area contributed by atoms with Gasteiger partial charge in [-0.2, -0.15) is 0 Å². The monoisotopic (exact) mass is 301 g/mol. The Hall–Kier alpha value is -1.98. The first-order chi connectivity index (χ1) is 10.1. The lowest BCUT2D eigenvalue weighted by Crippen LogP contribution is -2.41. The van der Waals surface area contributed by atoms with Gasteiger partial charge in [0, 0.05) is 10.6 Å². The molecule has 3 rings (SSSR count). The lowest BCUT2D eigenvalue weighted by atomic mass is 9.94. The van der Waals surface area contributed by atoms with E-state index in [0.717, 1.165) is 10.6 Å². The number of carbonyl (C=O) groups is 1. The molecule has 21 heavy (non-hydrogen) atoms. The van der Waals surface area contributed by atoms with Crippen LogP contribution in [0.5, 0.6) is 5.75 Å². The second-order valence-corrected chi connectivity index (χ2v) is 5.84. The number of amides is 1. The summed E-state index contributed by atoms with van der Waals surface area (Å²) in [4.78, 5) is 13.4. The Morgan fingerprint density at radius 1 is 1.19 bits per heavy atom. The van der Waals surface area contributed by atoms with E-state index >= 15 is 0 Å². The van der Waals surface area contributed by atoms with Crippen molar-refractivity contribution in [3.63, 3.8) is 0 Å². The molecular formula is C16H15NO3S. The number of fused-ring (bicyclic) bond motifs is 1. The van der Waals surface area contributed by atoms with Crippen LogP contribution in [-0.4, -0.2) is 23.9 Å². The van der Waals surface area contributed by atoms with Crippen LogP contribution in [0.2, 0.25) is 0 Å². The Bertz CT molecular complexity index is 671. The van der Waals surface area contributed by atoms with Crippen LogP contribution in [0.15, 0.2) is 53.4 Å². The molecule has 108 valence electrons. The highest BCUT2D eigenvalue weighted by Crippen LogP contribution is 2.38. The summed E-state index contributed by atoms with van der Waals surface area (Å²) in [7, 11) is 1.58. The minimum absolute atomic E-state index is 0.266. The van der Waals surface area contributed by atoms with Crippen LogP contribution in [0.1, 0.15) is 5.56 Å². The number of carbonyl (C=O) groups excluding carboxylic acids is 1. The molecule has 0 fully saturated rings. The molecule has 2 aromatic carbocycles. The summed E-state index contributed by atoms with van der Waals surface area (Å²) in [5, 5.41) is 13.7. The molecule has 0 saturated carbocycles. The smallest absolute Gasteiger partial charge is 0.261 e. The van der Waals surface area contributed by atoms with Crippen molar-refractivity contribution in [2.24, 2.45) is 0 Å². The Morgan fingerprint density at radius 2 is 1.90 bits per heavy atom. The molecule has 0 radical (unpaired) electrons. The van der Waals surface area contributed by atoms with Gasteiger partial charge in [-0.25, -0.2) is 0 Å². The Labute approximate surface area is 127 Å². The maximum absolute atomic E-state index is 12.4. The molecule has 1 aliphatic rings. The van der Waals surface area contributed by atoms with Crippen molar-refractivity contribution in [1.29, 1.82) is 0 Å². The van der Waals surface area contributed by atoms with E-state index in [0.29, 0.717) is 11.3 Å². The number of hydrogen-bond donors (Lipinski definition) is 2. The number of thioether (sulfide) groups is 1. The molecule has 1 unspecified atom stereocenters. The molecule has 0 spiro atoms. The molecule has 4 nitrogen and oxygen atoms in total. The summed E-state index contributed by atoms with van der Waals surface area (Å²) in [6.45, 7) is 0. The van der Waals surface area contributed by atoms with Gasteiger partial charge in [0.1, 0.15) is 5.75 Å². The third kappa shape index (κ3) is 2.50. The molecule has 1 atom stereocenters. The molecule has 0 bridgehead atoms. The lowest BCUT2D eigenvalue weighted by Gasteiger charge is -2.24. The zero-order valence-electron chi connectivity index (χ0n) is 11.5. The first-order valence-electron chi connectivity index (χ1n) is 6.54. The number of benzene rings is 2. The fraction of sp³-hybridized carbons (Fsp3) is 0.188. The average molecular weight is 301 g/mol. The van der Waals surface area contributed by atoms with Crippen molar-refractivity contribution in [2.45, 2.75) is 10.5 Å². The van der Waals surface area contributed by atoms with Crippen LogP contribution < -0.4 is 10.1 Å². The van der Waals surface area contributed by atoms with E-state index in [1.165, 1.54) is 11.8 Å². The average Bonchev–Trinajstić information content (AvgIpc) is 2.66. The maximum Gasteiger partial charge on any atom is 0.261 e. The fourth-order valence-electron chi connectivity index (χ4n) is 2.25. The van der Waals surface area contributed by atoms with Gasteiger partial charge in [0.05, 0.1) is 12.8 Å². The molecule has 5 heteroatoms. The number of hydrogen-bond acceptors (Lipinski definition) is 4. The van der Waals surface area contributed by atoms with Gasteiger partial charge < -0.3 is 15.2 Å². The number of methoxy groups -OCH3 is 1. The van der Waals surface area contributed by atoms with Gasteiger partial charge in [-0.15, -0.1) is 11.8 Å². The Morgan fingerprint density at radius 3 is 2.62 bits per heavy atom. The summed E-state index contributed by atoms with van der Waals surface area (Å²) in [5.41, 5.74) is -0.270. The Balaban J connectivity index is 1.96. The topological polar surface area (TPSA) is 58.6 Å². The summed E-state index contributed by atoms with van der Waals surface area (Å²) >= 11 is 1.46. The second kappa shape index (κ2) is 5.42. The summed E-state index contributed by atoms with van der Waals surface area (Å²) in [6, 6.07) is 14.4. The van der Waals surface area contributed by atoms with E-state index in [1.807, 2.05) is 24.3 Å². The van der Waals surface area contributed by atoms with Crippen molar-refractivity contribution in [2.75, 3.05) is 18.2 Å². The van der Waals surface area contributed by atoms with Gasteiger partial charge in [-0.1, -0.05) is 24.3 Å². The van der Waals surface area contributed by atoms with Crippen LogP contribution >= 0.6 is 11.8 Å². The summed E-state index contributed by atoms with van der Waals surface area (Å²) < 4.78 is 5.10. The SMILES string of the molecule is COc1ccc(C2(O)CSc3ccccc3NC2=O)cc1. The van der Waals surface area contributed by atoms with Crippen molar-refractivity contribution >= 4 is 23.4 Å². The minimum atomic E-state index is -1.56. The molecule has 1 heterocycles. The van der Waals surface area contributed by atoms with Gasteiger partial charge in [0.2, 0.25) is 0 Å². The van der Waals surface area contributed by atoms with Crippen molar-refractivity contribution < 1.29 is 14.6 Å².